The van der Waals surface area contributed by atoms with Gasteiger partial charge in [0.2, 0.25) is 0 Å². The first-order chi connectivity index (χ1) is 9.00. The van der Waals surface area contributed by atoms with Crippen molar-refractivity contribution in [1.29, 1.82) is 0 Å². The largest absolute Gasteiger partial charge is 0.450 e. The number of likely N-dealkylation sites (tertiary alicyclic amines) is 1. The van der Waals surface area contributed by atoms with E-state index in [1.165, 1.54) is 0 Å². The Morgan fingerprint density at radius 3 is 2.58 bits per heavy atom. The molecule has 0 saturated carbocycles. The minimum atomic E-state index is -2.81. The van der Waals surface area contributed by atoms with Gasteiger partial charge in [-0.25, -0.2) is 13.2 Å². The number of carbonyl (C=O) groups is 1. The quantitative estimate of drug-likeness (QED) is 0.813. The van der Waals surface area contributed by atoms with Crippen molar-refractivity contribution < 1.29 is 17.9 Å². The predicted molar refractivity (Wildman–Crippen MR) is 71.8 cm³/mol. The lowest BCUT2D eigenvalue weighted by molar-refractivity contribution is 0.115. The molecule has 0 bridgehead atoms. The fourth-order valence-corrected chi connectivity index (χ4v) is 4.16. The van der Waals surface area contributed by atoms with E-state index >= 15 is 0 Å². The first kappa shape index (κ1) is 14.6. The van der Waals surface area contributed by atoms with Gasteiger partial charge in [0, 0.05) is 25.2 Å². The van der Waals surface area contributed by atoms with Crippen LogP contribution < -0.4 is 5.32 Å². The van der Waals surface area contributed by atoms with Crippen LogP contribution in [0.3, 0.4) is 0 Å². The van der Waals surface area contributed by atoms with Gasteiger partial charge in [0.1, 0.15) is 9.84 Å². The van der Waals surface area contributed by atoms with E-state index in [9.17, 15) is 13.2 Å². The number of sulfone groups is 1. The Morgan fingerprint density at radius 1 is 1.26 bits per heavy atom. The summed E-state index contributed by atoms with van der Waals surface area (Å²) in [5.41, 5.74) is 0. The highest BCUT2D eigenvalue weighted by atomic mass is 32.2. The van der Waals surface area contributed by atoms with Crippen LogP contribution in [0.2, 0.25) is 0 Å². The van der Waals surface area contributed by atoms with Gasteiger partial charge in [0.25, 0.3) is 0 Å². The Hall–Kier alpha value is -0.820. The minimum absolute atomic E-state index is 0.252. The second-order valence-electron chi connectivity index (χ2n) is 5.22. The molecule has 2 saturated heterocycles. The van der Waals surface area contributed by atoms with E-state index in [4.69, 9.17) is 4.74 Å². The molecule has 1 amide bonds. The lowest BCUT2D eigenvalue weighted by Crippen LogP contribution is -2.44. The van der Waals surface area contributed by atoms with Crippen molar-refractivity contribution in [1.82, 2.24) is 10.2 Å². The number of hydrogen-bond donors (Lipinski definition) is 1. The monoisotopic (exact) mass is 290 g/mol. The molecule has 0 aromatic rings. The first-order valence-electron chi connectivity index (χ1n) is 6.88. The molecule has 1 N–H and O–H groups in total. The third kappa shape index (κ3) is 4.07. The zero-order chi connectivity index (χ0) is 13.9. The Bertz CT molecular complexity index is 409. The van der Waals surface area contributed by atoms with Gasteiger partial charge >= 0.3 is 6.09 Å². The van der Waals surface area contributed by atoms with Crippen molar-refractivity contribution in [2.24, 2.45) is 0 Å². The van der Waals surface area contributed by atoms with Gasteiger partial charge in [-0.05, 0) is 26.2 Å². The van der Waals surface area contributed by atoms with E-state index in [0.29, 0.717) is 32.5 Å². The summed E-state index contributed by atoms with van der Waals surface area (Å²) in [6.45, 7) is 3.56. The van der Waals surface area contributed by atoms with Gasteiger partial charge in [0.15, 0.2) is 0 Å². The van der Waals surface area contributed by atoms with E-state index in [1.807, 2.05) is 0 Å². The summed E-state index contributed by atoms with van der Waals surface area (Å²) in [7, 11) is -2.81. The number of rotatable bonds is 3. The molecule has 2 heterocycles. The van der Waals surface area contributed by atoms with Crippen molar-refractivity contribution in [2.75, 3.05) is 31.2 Å². The summed E-state index contributed by atoms with van der Waals surface area (Å²) >= 11 is 0. The fraction of sp³-hybridized carbons (Fsp3) is 0.917. The molecule has 7 heteroatoms. The van der Waals surface area contributed by atoms with E-state index in [1.54, 1.807) is 11.8 Å². The van der Waals surface area contributed by atoms with E-state index in [2.05, 4.69) is 5.32 Å². The average molecular weight is 290 g/mol. The van der Waals surface area contributed by atoms with Crippen LogP contribution in [0.1, 0.15) is 26.2 Å². The Kier molecular flexibility index (Phi) is 4.67. The van der Waals surface area contributed by atoms with Crippen LogP contribution in [0.25, 0.3) is 0 Å². The van der Waals surface area contributed by atoms with Gasteiger partial charge < -0.3 is 15.0 Å². The van der Waals surface area contributed by atoms with E-state index < -0.39 is 9.84 Å². The molecule has 1 unspecified atom stereocenters. The SMILES string of the molecule is CCOC(=O)N1CCC(NC2CCS(=O)(=O)CC2)C1. The second-order valence-corrected chi connectivity index (χ2v) is 7.53. The van der Waals surface area contributed by atoms with Crippen molar-refractivity contribution in [3.05, 3.63) is 0 Å². The molecule has 0 aromatic carbocycles. The molecule has 0 aromatic heterocycles. The number of hydrogen-bond acceptors (Lipinski definition) is 5. The third-order valence-electron chi connectivity index (χ3n) is 3.74. The second kappa shape index (κ2) is 6.09. The van der Waals surface area contributed by atoms with Crippen LogP contribution in [-0.2, 0) is 14.6 Å². The highest BCUT2D eigenvalue weighted by molar-refractivity contribution is 7.91. The molecule has 6 nitrogen and oxygen atoms in total. The molecule has 0 spiro atoms. The topological polar surface area (TPSA) is 75.7 Å². The molecule has 2 aliphatic rings. The summed E-state index contributed by atoms with van der Waals surface area (Å²) < 4.78 is 27.7. The minimum Gasteiger partial charge on any atom is -0.450 e. The highest BCUT2D eigenvalue weighted by Gasteiger charge is 2.30. The highest BCUT2D eigenvalue weighted by Crippen LogP contribution is 2.16. The summed E-state index contributed by atoms with van der Waals surface area (Å²) in [6.07, 6.45) is 2.01. The molecule has 1 atom stereocenters. The Morgan fingerprint density at radius 2 is 1.95 bits per heavy atom. The van der Waals surface area contributed by atoms with Crippen LogP contribution in [0.15, 0.2) is 0 Å². The average Bonchev–Trinajstić information content (AvgIpc) is 2.81. The number of carbonyl (C=O) groups excluding carboxylic acids is 1. The fourth-order valence-electron chi connectivity index (χ4n) is 2.67. The number of ether oxygens (including phenoxy) is 1. The van der Waals surface area contributed by atoms with Gasteiger partial charge in [-0.3, -0.25) is 0 Å². The number of nitrogens with one attached hydrogen (secondary N) is 1. The molecular formula is C12H22N2O4S. The van der Waals surface area contributed by atoms with Gasteiger partial charge in [-0.15, -0.1) is 0 Å². The van der Waals surface area contributed by atoms with Crippen LogP contribution in [0.4, 0.5) is 4.79 Å². The normalized spacial score (nSPS) is 27.4. The predicted octanol–water partition coefficient (Wildman–Crippen LogP) is 0.384. The molecule has 2 fully saturated rings. The first-order valence-corrected chi connectivity index (χ1v) is 8.70. The lowest BCUT2D eigenvalue weighted by atomic mass is 10.1. The van der Waals surface area contributed by atoms with Crippen molar-refractivity contribution in [2.45, 2.75) is 38.3 Å². The number of nitrogens with zero attached hydrogens (tertiary/aromatic N) is 1. The lowest BCUT2D eigenvalue weighted by Gasteiger charge is -2.26. The van der Waals surface area contributed by atoms with Crippen LogP contribution in [-0.4, -0.2) is 62.7 Å². The zero-order valence-corrected chi connectivity index (χ0v) is 12.1. The van der Waals surface area contributed by atoms with Gasteiger partial charge in [-0.2, -0.15) is 0 Å². The van der Waals surface area contributed by atoms with Crippen LogP contribution >= 0.6 is 0 Å². The van der Waals surface area contributed by atoms with Gasteiger partial charge in [-0.1, -0.05) is 0 Å². The zero-order valence-electron chi connectivity index (χ0n) is 11.3. The summed E-state index contributed by atoms with van der Waals surface area (Å²) in [4.78, 5) is 13.3. The Balaban J connectivity index is 1.75. The maximum absolute atomic E-state index is 11.6. The number of amides is 1. The van der Waals surface area contributed by atoms with Crippen molar-refractivity contribution in [3.63, 3.8) is 0 Å². The summed E-state index contributed by atoms with van der Waals surface area (Å²) in [5, 5.41) is 3.47. The third-order valence-corrected chi connectivity index (χ3v) is 5.46. The molecule has 0 radical (unpaired) electrons. The molecule has 110 valence electrons. The van der Waals surface area contributed by atoms with Crippen molar-refractivity contribution in [3.8, 4) is 0 Å². The smallest absolute Gasteiger partial charge is 0.409 e. The summed E-state index contributed by atoms with van der Waals surface area (Å²) in [6, 6.07) is 0.519. The van der Waals surface area contributed by atoms with Crippen LogP contribution in [0, 0.1) is 0 Å². The standard InChI is InChI=1S/C12H22N2O4S/c1-2-18-12(15)14-6-3-11(9-14)13-10-4-7-19(16,17)8-5-10/h10-11,13H,2-9H2,1H3. The van der Waals surface area contributed by atoms with Crippen LogP contribution in [0.5, 0.6) is 0 Å². The van der Waals surface area contributed by atoms with Crippen molar-refractivity contribution >= 4 is 15.9 Å². The van der Waals surface area contributed by atoms with E-state index in [0.717, 1.165) is 6.42 Å². The molecule has 19 heavy (non-hydrogen) atoms. The summed E-state index contributed by atoms with van der Waals surface area (Å²) in [5.74, 6) is 0.554. The molecule has 2 rings (SSSR count). The maximum Gasteiger partial charge on any atom is 0.409 e. The molecule has 2 aliphatic heterocycles. The maximum atomic E-state index is 11.6. The Labute approximate surface area is 114 Å². The van der Waals surface area contributed by atoms with E-state index in [-0.39, 0.29) is 29.7 Å². The molecular weight excluding hydrogens is 268 g/mol. The van der Waals surface area contributed by atoms with Gasteiger partial charge in [0.05, 0.1) is 18.1 Å². The molecule has 0 aliphatic carbocycles.